The number of unbranched alkanes of at least 4 members (excludes halogenated alkanes) is 3. The second kappa shape index (κ2) is 15.9. The molecule has 0 saturated heterocycles. The van der Waals surface area contributed by atoms with E-state index in [4.69, 9.17) is 4.74 Å². The molecule has 0 bridgehead atoms. The topological polar surface area (TPSA) is 91.8 Å². The molecule has 1 aromatic carbocycles. The van der Waals surface area contributed by atoms with Gasteiger partial charge in [-0.15, -0.1) is 24.0 Å². The van der Waals surface area contributed by atoms with Gasteiger partial charge in [0, 0.05) is 33.3 Å². The molecule has 0 spiro atoms. The third-order valence-corrected chi connectivity index (χ3v) is 5.87. The molecule has 1 aromatic rings. The van der Waals surface area contributed by atoms with Crippen molar-refractivity contribution in [2.45, 2.75) is 63.4 Å². The van der Waals surface area contributed by atoms with Crippen LogP contribution in [0.4, 0.5) is 0 Å². The maximum Gasteiger partial charge on any atom is 0.240 e. The van der Waals surface area contributed by atoms with Crippen molar-refractivity contribution in [3.8, 4) is 0 Å². The molecule has 1 unspecified atom stereocenters. The molecule has 9 heteroatoms. The van der Waals surface area contributed by atoms with Crippen molar-refractivity contribution < 1.29 is 13.2 Å². The molecule has 0 fully saturated rings. The van der Waals surface area contributed by atoms with Gasteiger partial charge in [-0.25, -0.2) is 13.1 Å². The highest BCUT2D eigenvalue weighted by Gasteiger charge is 2.13. The molecule has 0 aliphatic rings. The van der Waals surface area contributed by atoms with Gasteiger partial charge in [-0.2, -0.15) is 0 Å². The molecule has 29 heavy (non-hydrogen) atoms. The lowest BCUT2D eigenvalue weighted by molar-refractivity contribution is 0.204. The van der Waals surface area contributed by atoms with E-state index in [0.717, 1.165) is 17.9 Å². The predicted molar refractivity (Wildman–Crippen MR) is 130 cm³/mol. The Balaban J connectivity index is 0.00000784. The Hall–Kier alpha value is -0.910. The number of methoxy groups -OCH3 is 1. The predicted octanol–water partition coefficient (Wildman–Crippen LogP) is 3.25. The Bertz CT molecular complexity index is 681. The van der Waals surface area contributed by atoms with E-state index < -0.39 is 10.0 Å². The number of sulfonamides is 1. The lowest BCUT2D eigenvalue weighted by Crippen LogP contribution is -2.41. The fourth-order valence-corrected chi connectivity index (χ4v) is 3.72. The van der Waals surface area contributed by atoms with Crippen molar-refractivity contribution >= 4 is 40.0 Å². The summed E-state index contributed by atoms with van der Waals surface area (Å²) in [6.45, 7) is 5.53. The summed E-state index contributed by atoms with van der Waals surface area (Å²) in [6.07, 6.45) is 6.13. The number of hydrogen-bond donors (Lipinski definition) is 3. The third kappa shape index (κ3) is 11.8. The molecule has 3 N–H and O–H groups in total. The molecule has 0 heterocycles. The van der Waals surface area contributed by atoms with Crippen molar-refractivity contribution in [2.24, 2.45) is 4.99 Å². The molecular formula is C20H37IN4O3S. The van der Waals surface area contributed by atoms with Crippen molar-refractivity contribution in [1.82, 2.24) is 15.4 Å². The Morgan fingerprint density at radius 2 is 1.86 bits per heavy atom. The van der Waals surface area contributed by atoms with Gasteiger partial charge in [0.15, 0.2) is 5.96 Å². The summed E-state index contributed by atoms with van der Waals surface area (Å²) in [5.74, 6) is 0.751. The SMILES string of the molecule is CCCCCCC(C)NC(=NC)NCc1ccc(S(=O)(=O)NCCOC)cc1.I. The summed E-state index contributed by atoms with van der Waals surface area (Å²) < 4.78 is 31.7. The largest absolute Gasteiger partial charge is 0.383 e. The number of hydrogen-bond acceptors (Lipinski definition) is 4. The van der Waals surface area contributed by atoms with E-state index in [1.165, 1.54) is 32.8 Å². The van der Waals surface area contributed by atoms with Crippen LogP contribution in [0.2, 0.25) is 0 Å². The zero-order chi connectivity index (χ0) is 20.8. The summed E-state index contributed by atoms with van der Waals surface area (Å²) in [5.41, 5.74) is 0.981. The molecule has 0 radical (unpaired) electrons. The van der Waals surface area contributed by atoms with E-state index in [-0.39, 0.29) is 35.4 Å². The van der Waals surface area contributed by atoms with Gasteiger partial charge in [0.25, 0.3) is 0 Å². The first-order chi connectivity index (χ1) is 13.4. The van der Waals surface area contributed by atoms with E-state index in [1.54, 1.807) is 31.3 Å². The number of aliphatic imine (C=N–C) groups is 1. The Morgan fingerprint density at radius 1 is 1.17 bits per heavy atom. The van der Waals surface area contributed by atoms with Gasteiger partial charge in [0.2, 0.25) is 10.0 Å². The van der Waals surface area contributed by atoms with Gasteiger partial charge in [0.1, 0.15) is 0 Å². The maximum atomic E-state index is 12.2. The van der Waals surface area contributed by atoms with Gasteiger partial charge in [-0.3, -0.25) is 4.99 Å². The van der Waals surface area contributed by atoms with E-state index in [1.807, 2.05) is 0 Å². The summed E-state index contributed by atoms with van der Waals surface area (Å²) in [4.78, 5) is 4.51. The van der Waals surface area contributed by atoms with E-state index in [0.29, 0.717) is 19.2 Å². The Labute approximate surface area is 193 Å². The molecule has 7 nitrogen and oxygen atoms in total. The smallest absolute Gasteiger partial charge is 0.240 e. The Kier molecular flexibility index (Phi) is 15.4. The lowest BCUT2D eigenvalue weighted by Gasteiger charge is -2.18. The fourth-order valence-electron chi connectivity index (χ4n) is 2.71. The van der Waals surface area contributed by atoms with Crippen LogP contribution < -0.4 is 15.4 Å². The average Bonchev–Trinajstić information content (AvgIpc) is 2.69. The molecule has 0 amide bonds. The number of halogens is 1. The van der Waals surface area contributed by atoms with E-state index >= 15 is 0 Å². The number of rotatable bonds is 13. The van der Waals surface area contributed by atoms with Crippen molar-refractivity contribution in [3.05, 3.63) is 29.8 Å². The van der Waals surface area contributed by atoms with Gasteiger partial charge >= 0.3 is 0 Å². The first-order valence-electron chi connectivity index (χ1n) is 9.97. The number of nitrogens with one attached hydrogen (secondary N) is 3. The van der Waals surface area contributed by atoms with Crippen LogP contribution in [0.15, 0.2) is 34.2 Å². The molecule has 1 atom stereocenters. The van der Waals surface area contributed by atoms with Crippen molar-refractivity contribution in [1.29, 1.82) is 0 Å². The maximum absolute atomic E-state index is 12.2. The van der Waals surface area contributed by atoms with Crippen LogP contribution >= 0.6 is 24.0 Å². The highest BCUT2D eigenvalue weighted by atomic mass is 127. The van der Waals surface area contributed by atoms with Gasteiger partial charge < -0.3 is 15.4 Å². The first-order valence-corrected chi connectivity index (χ1v) is 11.5. The summed E-state index contributed by atoms with van der Waals surface area (Å²) in [6, 6.07) is 7.18. The van der Waals surface area contributed by atoms with Crippen LogP contribution in [0.25, 0.3) is 0 Å². The molecular weight excluding hydrogens is 503 g/mol. The fraction of sp³-hybridized carbons (Fsp3) is 0.650. The summed E-state index contributed by atoms with van der Waals surface area (Å²) >= 11 is 0. The van der Waals surface area contributed by atoms with Gasteiger partial charge in [0.05, 0.1) is 11.5 Å². The van der Waals surface area contributed by atoms with E-state index in [2.05, 4.69) is 34.2 Å². The van der Waals surface area contributed by atoms with E-state index in [9.17, 15) is 8.42 Å². The summed E-state index contributed by atoms with van der Waals surface area (Å²) in [7, 11) is -0.217. The van der Waals surface area contributed by atoms with Crippen LogP contribution in [0.5, 0.6) is 0 Å². The third-order valence-electron chi connectivity index (χ3n) is 4.39. The molecule has 0 aliphatic carbocycles. The minimum absolute atomic E-state index is 0. The zero-order valence-electron chi connectivity index (χ0n) is 18.0. The minimum Gasteiger partial charge on any atom is -0.383 e. The normalized spacial score (nSPS) is 12.9. The summed E-state index contributed by atoms with van der Waals surface area (Å²) in [5, 5.41) is 6.67. The van der Waals surface area contributed by atoms with Crippen LogP contribution in [0, 0.1) is 0 Å². The van der Waals surface area contributed by atoms with Gasteiger partial charge in [-0.05, 0) is 31.0 Å². The second-order valence-electron chi connectivity index (χ2n) is 6.86. The van der Waals surface area contributed by atoms with Crippen LogP contribution in [0.3, 0.4) is 0 Å². The molecule has 0 aromatic heterocycles. The lowest BCUT2D eigenvalue weighted by atomic mass is 10.1. The highest BCUT2D eigenvalue weighted by molar-refractivity contribution is 14.0. The highest BCUT2D eigenvalue weighted by Crippen LogP contribution is 2.10. The number of benzene rings is 1. The molecule has 0 aliphatic heterocycles. The van der Waals surface area contributed by atoms with Gasteiger partial charge in [-0.1, -0.05) is 44.7 Å². The zero-order valence-corrected chi connectivity index (χ0v) is 21.2. The number of nitrogens with zero attached hydrogens (tertiary/aromatic N) is 1. The quantitative estimate of drug-likeness (QED) is 0.155. The molecule has 0 saturated carbocycles. The Morgan fingerprint density at radius 3 is 2.45 bits per heavy atom. The average molecular weight is 541 g/mol. The number of ether oxygens (including phenoxy) is 1. The second-order valence-corrected chi connectivity index (χ2v) is 8.62. The standard InChI is InChI=1S/C20H36N4O3S.HI/c1-5-6-7-8-9-17(2)24-20(21-3)22-16-18-10-12-19(13-11-18)28(25,26)23-14-15-27-4;/h10-13,17,23H,5-9,14-16H2,1-4H3,(H2,21,22,24);1H. The van der Waals surface area contributed by atoms with Crippen molar-refractivity contribution in [3.63, 3.8) is 0 Å². The number of guanidine groups is 1. The minimum atomic E-state index is -3.50. The van der Waals surface area contributed by atoms with Crippen LogP contribution in [-0.2, 0) is 21.3 Å². The van der Waals surface area contributed by atoms with Crippen LogP contribution in [0.1, 0.15) is 51.5 Å². The van der Waals surface area contributed by atoms with Crippen LogP contribution in [-0.4, -0.2) is 47.7 Å². The van der Waals surface area contributed by atoms with Crippen molar-refractivity contribution in [2.75, 3.05) is 27.3 Å². The molecule has 1 rings (SSSR count). The first kappa shape index (κ1) is 28.1. The molecule has 168 valence electrons. The monoisotopic (exact) mass is 540 g/mol.